The van der Waals surface area contributed by atoms with Gasteiger partial charge in [0.15, 0.2) is 10.8 Å². The average molecular weight is 474 g/mol. The molecule has 4 aromatic rings. The number of nitrogens with one attached hydrogen (secondary N) is 1. The van der Waals surface area contributed by atoms with Crippen molar-refractivity contribution < 1.29 is 13.9 Å². The largest absolute Gasteiger partial charge is 0.489 e. The first-order valence-corrected chi connectivity index (χ1v) is 12.0. The first-order chi connectivity index (χ1) is 16.3. The summed E-state index contributed by atoms with van der Waals surface area (Å²) in [7, 11) is 0. The normalized spacial score (nSPS) is 11.5. The molecule has 0 aliphatic heterocycles. The van der Waals surface area contributed by atoms with Gasteiger partial charge in [0.05, 0.1) is 18.2 Å². The lowest BCUT2D eigenvalue weighted by atomic mass is 9.98. The first-order valence-electron chi connectivity index (χ1n) is 11.1. The van der Waals surface area contributed by atoms with Gasteiger partial charge >= 0.3 is 0 Å². The van der Waals surface area contributed by atoms with E-state index in [-0.39, 0.29) is 11.3 Å². The molecule has 34 heavy (non-hydrogen) atoms. The van der Waals surface area contributed by atoms with Gasteiger partial charge in [0, 0.05) is 29.3 Å². The minimum Gasteiger partial charge on any atom is -0.489 e. The number of furan rings is 1. The lowest BCUT2D eigenvalue weighted by molar-refractivity contribution is -0.118. The fraction of sp³-hybridized carbons (Fsp3) is 0.296. The number of benzene rings is 2. The molecule has 1 N–H and O–H groups in total. The van der Waals surface area contributed by atoms with Gasteiger partial charge in [-0.1, -0.05) is 24.3 Å². The van der Waals surface area contributed by atoms with Gasteiger partial charge in [-0.25, -0.2) is 4.98 Å². The van der Waals surface area contributed by atoms with Crippen molar-refractivity contribution >= 4 is 28.1 Å². The summed E-state index contributed by atoms with van der Waals surface area (Å²) in [6.07, 6.45) is 0.838. The molecule has 0 spiro atoms. The van der Waals surface area contributed by atoms with Crippen molar-refractivity contribution in [3.8, 4) is 22.6 Å². The van der Waals surface area contributed by atoms with Crippen LogP contribution in [0.1, 0.15) is 44.0 Å². The van der Waals surface area contributed by atoms with Crippen molar-refractivity contribution in [3.63, 3.8) is 0 Å². The van der Waals surface area contributed by atoms with E-state index in [0.717, 1.165) is 38.5 Å². The number of hydrogen-bond donors (Lipinski definition) is 1. The van der Waals surface area contributed by atoms with Crippen molar-refractivity contribution in [2.45, 2.75) is 52.3 Å². The molecule has 0 saturated heterocycles. The molecule has 0 saturated carbocycles. The fourth-order valence-electron chi connectivity index (χ4n) is 3.85. The van der Waals surface area contributed by atoms with Crippen molar-refractivity contribution in [1.82, 2.24) is 10.3 Å². The highest BCUT2D eigenvalue weighted by Crippen LogP contribution is 2.32. The van der Waals surface area contributed by atoms with Crippen molar-refractivity contribution in [2.24, 2.45) is 0 Å². The van der Waals surface area contributed by atoms with Gasteiger partial charge in [-0.2, -0.15) is 5.26 Å². The van der Waals surface area contributed by atoms with Crippen LogP contribution in [-0.2, 0) is 24.4 Å². The average Bonchev–Trinajstić information content (AvgIpc) is 3.43. The summed E-state index contributed by atoms with van der Waals surface area (Å²) in [6.45, 7) is 6.63. The highest BCUT2D eigenvalue weighted by Gasteiger charge is 2.20. The number of fused-ring (bicyclic) bond motifs is 1. The zero-order chi connectivity index (χ0) is 24.1. The number of thiazole rings is 1. The van der Waals surface area contributed by atoms with Crippen molar-refractivity contribution in [2.75, 3.05) is 0 Å². The summed E-state index contributed by atoms with van der Waals surface area (Å²) < 4.78 is 12.0. The van der Waals surface area contributed by atoms with Crippen LogP contribution in [0.4, 0.5) is 0 Å². The fourth-order valence-corrected chi connectivity index (χ4v) is 4.62. The van der Waals surface area contributed by atoms with Crippen LogP contribution in [0, 0.1) is 11.3 Å². The minimum absolute atomic E-state index is 0.161. The molecule has 2 aromatic heterocycles. The zero-order valence-electron chi connectivity index (χ0n) is 19.6. The smallest absolute Gasteiger partial charge is 0.164 e. The Kier molecular flexibility index (Phi) is 7.11. The Morgan fingerprint density at radius 3 is 2.76 bits per heavy atom. The molecule has 7 heteroatoms. The molecule has 2 aromatic carbocycles. The summed E-state index contributed by atoms with van der Waals surface area (Å²) >= 11 is 1.53. The Labute approximate surface area is 203 Å². The first kappa shape index (κ1) is 23.7. The molecule has 0 amide bonds. The maximum absolute atomic E-state index is 11.4. The van der Waals surface area contributed by atoms with Gasteiger partial charge in [-0.05, 0) is 56.2 Å². The molecular weight excluding hydrogens is 446 g/mol. The number of aromatic nitrogens is 1. The molecule has 0 aliphatic rings. The molecule has 4 rings (SSSR count). The highest BCUT2D eigenvalue weighted by molar-refractivity contribution is 7.13. The Morgan fingerprint density at radius 1 is 1.21 bits per heavy atom. The number of hydrogen-bond acceptors (Lipinski definition) is 7. The molecule has 2 heterocycles. The molecule has 0 unspecified atom stereocenters. The molecule has 6 nitrogen and oxygen atoms in total. The number of nitriles is 1. The standard InChI is InChI=1S/C27H27N3O3S/c1-18(31)14-27(2,3)29-15-22-17-34-26(30-22)25-13-21-12-23(8-9-24(21)33-25)32-16-20-7-5-4-6-19(20)10-11-28/h4-9,12-13,17,29H,10,14-16H2,1-3H3. The van der Waals surface area contributed by atoms with Crippen LogP contribution < -0.4 is 10.1 Å². The van der Waals surface area contributed by atoms with E-state index in [1.165, 1.54) is 11.3 Å². The highest BCUT2D eigenvalue weighted by atomic mass is 32.1. The monoisotopic (exact) mass is 473 g/mol. The van der Waals surface area contributed by atoms with Crippen LogP contribution in [0.25, 0.3) is 21.7 Å². The van der Waals surface area contributed by atoms with Crippen LogP contribution in [0.2, 0.25) is 0 Å². The molecule has 0 radical (unpaired) electrons. The predicted octanol–water partition coefficient (Wildman–Crippen LogP) is 6.05. The molecule has 174 valence electrons. The Hall–Kier alpha value is -3.47. The van der Waals surface area contributed by atoms with Crippen molar-refractivity contribution in [1.29, 1.82) is 5.26 Å². The van der Waals surface area contributed by atoms with Gasteiger partial charge in [-0.15, -0.1) is 11.3 Å². The Bertz CT molecular complexity index is 1350. The second kappa shape index (κ2) is 10.2. The van der Waals surface area contributed by atoms with E-state index in [9.17, 15) is 4.79 Å². The minimum atomic E-state index is -0.277. The van der Waals surface area contributed by atoms with E-state index in [2.05, 4.69) is 11.4 Å². The van der Waals surface area contributed by atoms with Crippen molar-refractivity contribution in [3.05, 3.63) is 70.7 Å². The van der Waals surface area contributed by atoms with E-state index < -0.39 is 0 Å². The molecular formula is C27H27N3O3S. The van der Waals surface area contributed by atoms with Crippen LogP contribution >= 0.6 is 11.3 Å². The summed E-state index contributed by atoms with van der Waals surface area (Å²) in [4.78, 5) is 16.1. The number of carbonyl (C=O) groups excluding carboxylic acids is 1. The summed E-state index contributed by atoms with van der Waals surface area (Å²) in [6, 6.07) is 17.7. The maximum Gasteiger partial charge on any atom is 0.164 e. The molecule has 0 atom stereocenters. The van der Waals surface area contributed by atoms with E-state index in [4.69, 9.17) is 19.4 Å². The topological polar surface area (TPSA) is 88.1 Å². The van der Waals surface area contributed by atoms with Crippen LogP contribution in [0.3, 0.4) is 0 Å². The molecule has 0 fully saturated rings. The molecule has 0 bridgehead atoms. The number of ether oxygens (including phenoxy) is 1. The van der Waals surface area contributed by atoms with E-state index in [0.29, 0.717) is 31.8 Å². The third-order valence-corrected chi connectivity index (χ3v) is 6.38. The third kappa shape index (κ3) is 5.90. The second-order valence-electron chi connectivity index (χ2n) is 8.96. The van der Waals surface area contributed by atoms with Crippen LogP contribution in [0.5, 0.6) is 5.75 Å². The summed E-state index contributed by atoms with van der Waals surface area (Å²) in [5, 5.41) is 16.2. The Balaban J connectivity index is 1.44. The van der Waals surface area contributed by atoms with E-state index in [1.54, 1.807) is 6.92 Å². The number of carbonyl (C=O) groups is 1. The van der Waals surface area contributed by atoms with Gasteiger partial charge in [0.2, 0.25) is 0 Å². The van der Waals surface area contributed by atoms with E-state index >= 15 is 0 Å². The van der Waals surface area contributed by atoms with Gasteiger partial charge < -0.3 is 14.5 Å². The maximum atomic E-state index is 11.4. The molecule has 0 aliphatic carbocycles. The quantitative estimate of drug-likeness (QED) is 0.302. The number of nitrogens with zero attached hydrogens (tertiary/aromatic N) is 2. The van der Waals surface area contributed by atoms with Gasteiger partial charge in [0.1, 0.15) is 23.7 Å². The van der Waals surface area contributed by atoms with Crippen LogP contribution in [0.15, 0.2) is 58.3 Å². The lowest BCUT2D eigenvalue weighted by Gasteiger charge is -2.24. The SMILES string of the molecule is CC(=O)CC(C)(C)NCc1csc(-c2cc3cc(OCc4ccccc4CC#N)ccc3o2)n1. The number of ketones is 1. The summed E-state index contributed by atoms with van der Waals surface area (Å²) in [5.41, 5.74) is 3.39. The predicted molar refractivity (Wildman–Crippen MR) is 134 cm³/mol. The Morgan fingerprint density at radius 2 is 2.00 bits per heavy atom. The summed E-state index contributed by atoms with van der Waals surface area (Å²) in [5.74, 6) is 1.61. The van der Waals surface area contributed by atoms with Crippen LogP contribution in [-0.4, -0.2) is 16.3 Å². The van der Waals surface area contributed by atoms with Gasteiger partial charge in [0.25, 0.3) is 0 Å². The second-order valence-corrected chi connectivity index (χ2v) is 9.82. The van der Waals surface area contributed by atoms with E-state index in [1.807, 2.05) is 67.8 Å². The number of Topliss-reactive ketones (excluding diaryl/α,β-unsaturated/α-hetero) is 1. The zero-order valence-corrected chi connectivity index (χ0v) is 20.4. The number of rotatable bonds is 10. The van der Waals surface area contributed by atoms with Gasteiger partial charge in [-0.3, -0.25) is 4.79 Å². The lowest BCUT2D eigenvalue weighted by Crippen LogP contribution is -2.40. The third-order valence-electron chi connectivity index (χ3n) is 5.47.